The second kappa shape index (κ2) is 10.4. The van der Waals surface area contributed by atoms with Gasteiger partial charge in [-0.2, -0.15) is 5.10 Å². The molecule has 0 spiro atoms. The summed E-state index contributed by atoms with van der Waals surface area (Å²) in [7, 11) is 0. The molecule has 36 heavy (non-hydrogen) atoms. The number of hydrogen-bond acceptors (Lipinski definition) is 6. The first-order valence-corrected chi connectivity index (χ1v) is 12.3. The summed E-state index contributed by atoms with van der Waals surface area (Å²) in [6.07, 6.45) is 2.73. The number of likely N-dealkylation sites (tertiary alicyclic amines) is 1. The maximum atomic E-state index is 12.3. The molecule has 2 N–H and O–H groups in total. The van der Waals surface area contributed by atoms with Crippen LogP contribution in [0.1, 0.15) is 46.4 Å². The topological polar surface area (TPSA) is 96.2 Å². The minimum atomic E-state index is -0.350. The Balaban J connectivity index is 1.29. The Kier molecular flexibility index (Phi) is 6.86. The van der Waals surface area contributed by atoms with E-state index < -0.39 is 0 Å². The monoisotopic (exact) mass is 486 g/mol. The van der Waals surface area contributed by atoms with E-state index in [0.717, 1.165) is 55.2 Å². The smallest absolute Gasteiger partial charge is 0.271 e. The second-order valence-electron chi connectivity index (χ2n) is 9.44. The third kappa shape index (κ3) is 5.18. The molecule has 3 heterocycles. The van der Waals surface area contributed by atoms with E-state index in [2.05, 4.69) is 21.5 Å². The van der Waals surface area contributed by atoms with Gasteiger partial charge >= 0.3 is 0 Å². The number of nitrogens with one attached hydrogen (secondary N) is 1. The Morgan fingerprint density at radius 1 is 1.14 bits per heavy atom. The van der Waals surface area contributed by atoms with Crippen LogP contribution in [0.3, 0.4) is 0 Å². The third-order valence-corrected chi connectivity index (χ3v) is 6.84. The Hall–Kier alpha value is -3.91. The number of fused-ring (bicyclic) bond motifs is 4. The van der Waals surface area contributed by atoms with Crippen molar-refractivity contribution in [3.05, 3.63) is 93.4 Å². The number of carbonyl (C=O) groups is 1. The number of aromatic nitrogens is 1. The summed E-state index contributed by atoms with van der Waals surface area (Å²) < 4.78 is 7.85. The number of aromatic hydroxyl groups is 1. The van der Waals surface area contributed by atoms with Crippen LogP contribution in [-0.4, -0.2) is 46.4 Å². The lowest BCUT2D eigenvalue weighted by Gasteiger charge is -2.43. The summed E-state index contributed by atoms with van der Waals surface area (Å²) in [5.74, 6) is 1.40. The Morgan fingerprint density at radius 2 is 1.97 bits per heavy atom. The van der Waals surface area contributed by atoms with E-state index in [1.165, 1.54) is 24.3 Å². The Bertz CT molecular complexity index is 1330. The number of hydrazone groups is 1. The Labute approximate surface area is 209 Å². The van der Waals surface area contributed by atoms with Gasteiger partial charge in [0.1, 0.15) is 11.5 Å². The fraction of sp³-hybridized carbons (Fsp3) is 0.321. The molecule has 2 aliphatic rings. The van der Waals surface area contributed by atoms with Crippen molar-refractivity contribution >= 4 is 12.1 Å². The summed E-state index contributed by atoms with van der Waals surface area (Å²) in [6.45, 7) is 5.88. The van der Waals surface area contributed by atoms with Crippen molar-refractivity contribution in [1.29, 1.82) is 0 Å². The highest BCUT2D eigenvalue weighted by atomic mass is 16.5. The molecule has 1 aromatic heterocycles. The number of amides is 1. The molecule has 0 aliphatic carbocycles. The van der Waals surface area contributed by atoms with Crippen LogP contribution < -0.4 is 15.7 Å². The molecule has 2 aliphatic heterocycles. The van der Waals surface area contributed by atoms with Gasteiger partial charge in [-0.1, -0.05) is 6.07 Å². The first-order valence-electron chi connectivity index (χ1n) is 12.3. The molecule has 2 atom stereocenters. The lowest BCUT2D eigenvalue weighted by molar-refractivity contribution is 0.0955. The minimum Gasteiger partial charge on any atom is -0.508 e. The third-order valence-electron chi connectivity index (χ3n) is 6.84. The van der Waals surface area contributed by atoms with Crippen molar-refractivity contribution in [2.75, 3.05) is 19.7 Å². The van der Waals surface area contributed by atoms with Crippen molar-refractivity contribution in [3.63, 3.8) is 0 Å². The van der Waals surface area contributed by atoms with E-state index >= 15 is 0 Å². The zero-order valence-corrected chi connectivity index (χ0v) is 20.3. The summed E-state index contributed by atoms with van der Waals surface area (Å²) in [4.78, 5) is 27.0. The fourth-order valence-electron chi connectivity index (χ4n) is 5.31. The zero-order valence-electron chi connectivity index (χ0n) is 20.3. The number of ether oxygens (including phenoxy) is 1. The van der Waals surface area contributed by atoms with Gasteiger partial charge < -0.3 is 14.4 Å². The van der Waals surface area contributed by atoms with Gasteiger partial charge in [-0.3, -0.25) is 14.5 Å². The highest BCUT2D eigenvalue weighted by molar-refractivity contribution is 5.95. The molecule has 0 saturated carbocycles. The van der Waals surface area contributed by atoms with E-state index in [1.54, 1.807) is 12.3 Å². The van der Waals surface area contributed by atoms with E-state index in [-0.39, 0.29) is 17.2 Å². The average molecular weight is 487 g/mol. The first-order chi connectivity index (χ1) is 17.5. The molecule has 5 rings (SSSR count). The normalized spacial score (nSPS) is 19.1. The van der Waals surface area contributed by atoms with Crippen molar-refractivity contribution in [3.8, 4) is 11.5 Å². The van der Waals surface area contributed by atoms with Gasteiger partial charge in [0, 0.05) is 55.0 Å². The van der Waals surface area contributed by atoms with Gasteiger partial charge in [0.2, 0.25) is 0 Å². The standard InChI is InChI=1S/C28H30N4O4/c1-2-36-26-11-6-19(14-29-30-28(35)21-7-9-24(33)10-8-21)12-23(26)18-31-15-20-13-22(17-31)25-4-3-5-27(34)32(25)16-20/h3-12,14,20,22,33H,2,13,15-18H2,1H3,(H,30,35)/b29-14+. The zero-order chi connectivity index (χ0) is 25.1. The van der Waals surface area contributed by atoms with Crippen molar-refractivity contribution in [2.45, 2.75) is 32.4 Å². The van der Waals surface area contributed by atoms with E-state index in [1.807, 2.05) is 35.8 Å². The van der Waals surface area contributed by atoms with Crippen LogP contribution in [0.5, 0.6) is 11.5 Å². The van der Waals surface area contributed by atoms with Gasteiger partial charge in [0.05, 0.1) is 12.8 Å². The van der Waals surface area contributed by atoms with Crippen LogP contribution in [0.2, 0.25) is 0 Å². The molecule has 1 fully saturated rings. The van der Waals surface area contributed by atoms with Crippen molar-refractivity contribution < 1.29 is 14.6 Å². The lowest BCUT2D eigenvalue weighted by Crippen LogP contribution is -2.46. The number of nitrogens with zero attached hydrogens (tertiary/aromatic N) is 3. The predicted octanol–water partition coefficient (Wildman–Crippen LogP) is 3.34. The molecule has 1 amide bonds. The molecular weight excluding hydrogens is 456 g/mol. The van der Waals surface area contributed by atoms with Gasteiger partial charge in [0.25, 0.3) is 11.5 Å². The number of piperidine rings is 1. The predicted molar refractivity (Wildman–Crippen MR) is 138 cm³/mol. The van der Waals surface area contributed by atoms with Crippen LogP contribution in [0.25, 0.3) is 0 Å². The molecule has 8 heteroatoms. The SMILES string of the molecule is CCOc1ccc(/C=N/NC(=O)c2ccc(O)cc2)cc1CN1CC2CC(C1)c1cccc(=O)n1C2. The Morgan fingerprint density at radius 3 is 2.78 bits per heavy atom. The molecule has 2 aromatic carbocycles. The van der Waals surface area contributed by atoms with Gasteiger partial charge in [0.15, 0.2) is 0 Å². The quantitative estimate of drug-likeness (QED) is 0.395. The highest BCUT2D eigenvalue weighted by Crippen LogP contribution is 2.36. The number of rotatable bonds is 7. The second-order valence-corrected chi connectivity index (χ2v) is 9.44. The number of hydrogen-bond donors (Lipinski definition) is 2. The summed E-state index contributed by atoms with van der Waals surface area (Å²) in [5, 5.41) is 13.5. The molecule has 2 bridgehead atoms. The van der Waals surface area contributed by atoms with Crippen LogP contribution in [0, 0.1) is 5.92 Å². The largest absolute Gasteiger partial charge is 0.508 e. The molecule has 2 unspecified atom stereocenters. The van der Waals surface area contributed by atoms with Gasteiger partial charge in [-0.25, -0.2) is 5.43 Å². The van der Waals surface area contributed by atoms with Gasteiger partial charge in [-0.15, -0.1) is 0 Å². The maximum absolute atomic E-state index is 12.3. The fourth-order valence-corrected chi connectivity index (χ4v) is 5.31. The molecular formula is C28H30N4O4. The number of phenolic OH excluding ortho intramolecular Hbond substituents is 1. The average Bonchev–Trinajstić information content (AvgIpc) is 2.87. The van der Waals surface area contributed by atoms with Crippen LogP contribution in [0.15, 0.2) is 70.6 Å². The van der Waals surface area contributed by atoms with Crippen LogP contribution in [0.4, 0.5) is 0 Å². The van der Waals surface area contributed by atoms with Crippen molar-refractivity contribution in [1.82, 2.24) is 14.9 Å². The maximum Gasteiger partial charge on any atom is 0.271 e. The van der Waals surface area contributed by atoms with E-state index in [9.17, 15) is 14.7 Å². The molecule has 3 aromatic rings. The summed E-state index contributed by atoms with van der Waals surface area (Å²) in [6, 6.07) is 17.5. The number of phenols is 1. The number of benzene rings is 2. The first kappa shape index (κ1) is 23.8. The number of carbonyl (C=O) groups excluding carboxylic acids is 1. The highest BCUT2D eigenvalue weighted by Gasteiger charge is 2.34. The van der Waals surface area contributed by atoms with Gasteiger partial charge in [-0.05, 0) is 73.4 Å². The molecule has 0 radical (unpaired) electrons. The molecule has 8 nitrogen and oxygen atoms in total. The van der Waals surface area contributed by atoms with E-state index in [4.69, 9.17) is 4.74 Å². The van der Waals surface area contributed by atoms with Crippen LogP contribution >= 0.6 is 0 Å². The minimum absolute atomic E-state index is 0.0961. The van der Waals surface area contributed by atoms with Crippen molar-refractivity contribution in [2.24, 2.45) is 11.0 Å². The van der Waals surface area contributed by atoms with Crippen LogP contribution in [-0.2, 0) is 13.1 Å². The van der Waals surface area contributed by atoms with E-state index in [0.29, 0.717) is 24.0 Å². The summed E-state index contributed by atoms with van der Waals surface area (Å²) in [5.41, 5.74) is 6.10. The lowest BCUT2D eigenvalue weighted by atomic mass is 9.83. The summed E-state index contributed by atoms with van der Waals surface area (Å²) >= 11 is 0. The molecule has 1 saturated heterocycles. The molecule has 186 valence electrons. The number of pyridine rings is 1.